The van der Waals surface area contributed by atoms with Gasteiger partial charge in [0.2, 0.25) is 5.91 Å². The van der Waals surface area contributed by atoms with E-state index in [0.29, 0.717) is 10.6 Å². The summed E-state index contributed by atoms with van der Waals surface area (Å²) < 4.78 is 27.6. The summed E-state index contributed by atoms with van der Waals surface area (Å²) in [6.45, 7) is 0. The number of benzene rings is 3. The normalized spacial score (nSPS) is 10.9. The molecule has 0 aliphatic carbocycles. The Balaban J connectivity index is 1.65. The van der Waals surface area contributed by atoms with Crippen LogP contribution in [0.25, 0.3) is 0 Å². The van der Waals surface area contributed by atoms with Crippen LogP contribution < -0.4 is 10.0 Å². The number of amides is 1. The first kappa shape index (κ1) is 21.3. The fourth-order valence-electron chi connectivity index (χ4n) is 2.48. The summed E-state index contributed by atoms with van der Waals surface area (Å²) in [7, 11) is -3.80. The lowest BCUT2D eigenvalue weighted by Crippen LogP contribution is -2.18. The van der Waals surface area contributed by atoms with Crippen molar-refractivity contribution in [1.82, 2.24) is 0 Å². The van der Waals surface area contributed by atoms with Gasteiger partial charge in [-0.1, -0.05) is 30.3 Å². The van der Waals surface area contributed by atoms with E-state index in [1.807, 2.05) is 0 Å². The fourth-order valence-corrected chi connectivity index (χ4v) is 4.28. The van der Waals surface area contributed by atoms with Crippen molar-refractivity contribution in [2.45, 2.75) is 9.79 Å². The molecule has 0 heterocycles. The van der Waals surface area contributed by atoms with Crippen molar-refractivity contribution < 1.29 is 18.1 Å². The molecule has 3 aromatic rings. The Bertz CT molecular complexity index is 1150. The van der Waals surface area contributed by atoms with Crippen molar-refractivity contribution in [3.8, 4) is 0 Å². The second kappa shape index (κ2) is 9.42. The van der Waals surface area contributed by atoms with Gasteiger partial charge in [-0.2, -0.15) is 0 Å². The van der Waals surface area contributed by atoms with E-state index in [9.17, 15) is 23.3 Å². The van der Waals surface area contributed by atoms with E-state index in [1.54, 1.807) is 54.6 Å². The van der Waals surface area contributed by atoms with E-state index >= 15 is 0 Å². The summed E-state index contributed by atoms with van der Waals surface area (Å²) >= 11 is 1.21. The quantitative estimate of drug-likeness (QED) is 0.307. The lowest BCUT2D eigenvalue weighted by atomic mass is 10.3. The van der Waals surface area contributed by atoms with Crippen molar-refractivity contribution in [1.29, 1.82) is 0 Å². The highest BCUT2D eigenvalue weighted by Crippen LogP contribution is 2.26. The molecule has 0 saturated carbocycles. The highest BCUT2D eigenvalue weighted by atomic mass is 32.2. The Hall–Kier alpha value is -3.37. The molecule has 0 fully saturated rings. The maximum Gasteiger partial charge on any atom is 0.269 e. The highest BCUT2D eigenvalue weighted by Gasteiger charge is 2.16. The van der Waals surface area contributed by atoms with Crippen LogP contribution in [0.2, 0.25) is 0 Å². The number of hydrogen-bond acceptors (Lipinski definition) is 6. The number of nitro groups is 1. The SMILES string of the molecule is O=C(CSc1ccc([N+](=O)[O-])cc1)Nc1ccccc1NS(=O)(=O)c1ccccc1. The maximum absolute atomic E-state index is 12.5. The average molecular weight is 444 g/mol. The van der Waals surface area contributed by atoms with Crippen LogP contribution in [0, 0.1) is 10.1 Å². The third-order valence-corrected chi connectivity index (χ3v) is 6.31. The van der Waals surface area contributed by atoms with E-state index in [4.69, 9.17) is 0 Å². The molecule has 8 nitrogen and oxygen atoms in total. The lowest BCUT2D eigenvalue weighted by molar-refractivity contribution is -0.384. The number of carbonyl (C=O) groups excluding carboxylic acids is 1. The first-order chi connectivity index (χ1) is 14.3. The van der Waals surface area contributed by atoms with E-state index in [2.05, 4.69) is 10.0 Å². The predicted molar refractivity (Wildman–Crippen MR) is 116 cm³/mol. The predicted octanol–water partition coefficient (Wildman–Crippen LogP) is 4.13. The monoisotopic (exact) mass is 443 g/mol. The Morgan fingerprint density at radius 1 is 0.900 bits per heavy atom. The molecule has 0 saturated heterocycles. The van der Waals surface area contributed by atoms with E-state index in [-0.39, 0.29) is 27.9 Å². The number of thioether (sulfide) groups is 1. The molecule has 0 radical (unpaired) electrons. The summed E-state index contributed by atoms with van der Waals surface area (Å²) in [5.74, 6) is -0.290. The van der Waals surface area contributed by atoms with Crippen LogP contribution in [0.15, 0.2) is 88.7 Å². The molecule has 0 aromatic heterocycles. The third kappa shape index (κ3) is 5.58. The minimum absolute atomic E-state index is 0.0246. The summed E-state index contributed by atoms with van der Waals surface area (Å²) in [6.07, 6.45) is 0. The van der Waals surface area contributed by atoms with Crippen molar-refractivity contribution in [3.63, 3.8) is 0 Å². The topological polar surface area (TPSA) is 118 Å². The zero-order valence-corrected chi connectivity index (χ0v) is 17.2. The van der Waals surface area contributed by atoms with Gasteiger partial charge in [-0.3, -0.25) is 19.6 Å². The Morgan fingerprint density at radius 2 is 1.50 bits per heavy atom. The first-order valence-corrected chi connectivity index (χ1v) is 11.2. The van der Waals surface area contributed by atoms with Crippen molar-refractivity contribution in [2.75, 3.05) is 15.8 Å². The molecule has 0 atom stereocenters. The smallest absolute Gasteiger partial charge is 0.269 e. The number of hydrogen-bond donors (Lipinski definition) is 2. The van der Waals surface area contributed by atoms with E-state index < -0.39 is 14.9 Å². The molecule has 0 bridgehead atoms. The van der Waals surface area contributed by atoms with Gasteiger partial charge in [0.1, 0.15) is 0 Å². The van der Waals surface area contributed by atoms with Gasteiger partial charge < -0.3 is 5.32 Å². The van der Waals surface area contributed by atoms with Gasteiger partial charge >= 0.3 is 0 Å². The second-order valence-electron chi connectivity index (χ2n) is 6.05. The lowest BCUT2D eigenvalue weighted by Gasteiger charge is -2.13. The number of rotatable bonds is 8. The summed E-state index contributed by atoms with van der Waals surface area (Å²) in [5, 5.41) is 13.4. The van der Waals surface area contributed by atoms with Gasteiger partial charge in [0.05, 0.1) is 26.9 Å². The molecular weight excluding hydrogens is 426 g/mol. The number of para-hydroxylation sites is 2. The van der Waals surface area contributed by atoms with Gasteiger partial charge in [-0.05, 0) is 36.4 Å². The molecule has 30 heavy (non-hydrogen) atoms. The molecule has 0 unspecified atom stereocenters. The molecule has 3 rings (SSSR count). The van der Waals surface area contributed by atoms with Gasteiger partial charge in [0.15, 0.2) is 0 Å². The standard InChI is InChI=1S/C20H17N3O5S2/c24-20(14-29-16-12-10-15(11-13-16)23(25)26)21-18-8-4-5-9-19(18)22-30(27,28)17-6-2-1-3-7-17/h1-13,22H,14H2,(H,21,24). The highest BCUT2D eigenvalue weighted by molar-refractivity contribution is 8.00. The zero-order chi connectivity index (χ0) is 21.6. The van der Waals surface area contributed by atoms with Crippen molar-refractivity contribution in [3.05, 3.63) is 89.0 Å². The number of carbonyl (C=O) groups is 1. The number of non-ortho nitro benzene ring substituents is 1. The largest absolute Gasteiger partial charge is 0.324 e. The van der Waals surface area contributed by atoms with Crippen molar-refractivity contribution >= 4 is 44.8 Å². The van der Waals surface area contributed by atoms with Crippen molar-refractivity contribution in [2.24, 2.45) is 0 Å². The maximum atomic E-state index is 12.5. The third-order valence-electron chi connectivity index (χ3n) is 3.92. The van der Waals surface area contributed by atoms with Crippen LogP contribution in [-0.2, 0) is 14.8 Å². The van der Waals surface area contributed by atoms with Crippen LogP contribution >= 0.6 is 11.8 Å². The van der Waals surface area contributed by atoms with Gasteiger partial charge in [-0.25, -0.2) is 8.42 Å². The van der Waals surface area contributed by atoms with Gasteiger partial charge in [-0.15, -0.1) is 11.8 Å². The van der Waals surface area contributed by atoms with Crippen LogP contribution in [0.1, 0.15) is 0 Å². The number of nitrogens with one attached hydrogen (secondary N) is 2. The molecule has 154 valence electrons. The molecule has 10 heteroatoms. The molecule has 0 aliphatic rings. The molecule has 2 N–H and O–H groups in total. The summed E-state index contributed by atoms with van der Waals surface area (Å²) in [4.78, 5) is 23.3. The minimum Gasteiger partial charge on any atom is -0.324 e. The molecule has 0 aliphatic heterocycles. The molecule has 3 aromatic carbocycles. The Kier molecular flexibility index (Phi) is 6.70. The first-order valence-electron chi connectivity index (χ1n) is 8.69. The summed E-state index contributed by atoms with van der Waals surface area (Å²) in [6, 6.07) is 20.3. The molecular formula is C20H17N3O5S2. The zero-order valence-electron chi connectivity index (χ0n) is 15.5. The number of anilines is 2. The second-order valence-corrected chi connectivity index (χ2v) is 8.78. The number of nitro benzene ring substituents is 1. The van der Waals surface area contributed by atoms with Crippen LogP contribution in [0.4, 0.5) is 17.1 Å². The molecule has 1 amide bonds. The Labute approximate surface area is 177 Å². The molecule has 0 spiro atoms. The van der Waals surface area contributed by atoms with Gasteiger partial charge in [0, 0.05) is 17.0 Å². The average Bonchev–Trinajstić information content (AvgIpc) is 2.74. The fraction of sp³-hybridized carbons (Fsp3) is 0.0500. The van der Waals surface area contributed by atoms with Crippen LogP contribution in [-0.4, -0.2) is 25.0 Å². The van der Waals surface area contributed by atoms with Crippen LogP contribution in [0.3, 0.4) is 0 Å². The summed E-state index contributed by atoms with van der Waals surface area (Å²) in [5.41, 5.74) is 0.546. The number of sulfonamides is 1. The Morgan fingerprint density at radius 3 is 2.13 bits per heavy atom. The van der Waals surface area contributed by atoms with Crippen LogP contribution in [0.5, 0.6) is 0 Å². The van der Waals surface area contributed by atoms with Gasteiger partial charge in [0.25, 0.3) is 15.7 Å². The number of nitrogens with zero attached hydrogens (tertiary/aromatic N) is 1. The van der Waals surface area contributed by atoms with E-state index in [1.165, 1.54) is 36.0 Å². The minimum atomic E-state index is -3.80. The van der Waals surface area contributed by atoms with E-state index in [0.717, 1.165) is 0 Å².